The highest BCUT2D eigenvalue weighted by molar-refractivity contribution is 9.11. The van der Waals surface area contributed by atoms with Gasteiger partial charge in [0, 0.05) is 6.42 Å². The second kappa shape index (κ2) is 6.50. The van der Waals surface area contributed by atoms with Crippen molar-refractivity contribution in [1.82, 2.24) is 4.98 Å². The molecule has 1 heterocycles. The minimum absolute atomic E-state index is 0.0703. The number of aryl methyl sites for hydroxylation is 1. The molecule has 1 amide bonds. The monoisotopic (exact) mass is 358 g/mol. The summed E-state index contributed by atoms with van der Waals surface area (Å²) in [5.74, 6) is 0.270. The number of aromatic nitrogens is 1. The number of nitrogens with one attached hydrogen (secondary N) is 1. The van der Waals surface area contributed by atoms with Crippen LogP contribution >= 0.6 is 38.9 Å². The first kappa shape index (κ1) is 14.5. The molecule has 0 radical (unpaired) electrons. The topological polar surface area (TPSA) is 42.0 Å². The number of halogens is 2. The molecule has 0 aliphatic rings. The SMILES string of the molecule is Cc1ccc(Cc2sc(Br)nc2NC(=O)CCl)cc1. The first-order valence-electron chi connectivity index (χ1n) is 5.65. The number of rotatable bonds is 4. The summed E-state index contributed by atoms with van der Waals surface area (Å²) >= 11 is 10.3. The third-order valence-corrected chi connectivity index (χ3v) is 4.29. The molecule has 0 fully saturated rings. The van der Waals surface area contributed by atoms with Gasteiger partial charge >= 0.3 is 0 Å². The lowest BCUT2D eigenvalue weighted by Gasteiger charge is -2.04. The first-order chi connectivity index (χ1) is 9.08. The number of anilines is 1. The Morgan fingerprint density at radius 1 is 1.42 bits per heavy atom. The van der Waals surface area contributed by atoms with Crippen LogP contribution in [-0.4, -0.2) is 16.8 Å². The van der Waals surface area contributed by atoms with Crippen LogP contribution in [0, 0.1) is 6.92 Å². The van der Waals surface area contributed by atoms with Crippen molar-refractivity contribution < 1.29 is 4.79 Å². The molecule has 2 rings (SSSR count). The molecule has 1 aromatic heterocycles. The van der Waals surface area contributed by atoms with E-state index in [0.717, 1.165) is 15.2 Å². The largest absolute Gasteiger partial charge is 0.309 e. The molecule has 100 valence electrons. The number of nitrogens with zero attached hydrogens (tertiary/aromatic N) is 1. The van der Waals surface area contributed by atoms with Gasteiger partial charge in [-0.3, -0.25) is 4.79 Å². The van der Waals surface area contributed by atoms with E-state index in [2.05, 4.69) is 57.4 Å². The lowest BCUT2D eigenvalue weighted by molar-refractivity contribution is -0.113. The Balaban J connectivity index is 2.19. The molecule has 3 nitrogen and oxygen atoms in total. The third-order valence-electron chi connectivity index (χ3n) is 2.54. The summed E-state index contributed by atoms with van der Waals surface area (Å²) in [6.07, 6.45) is 0.738. The summed E-state index contributed by atoms with van der Waals surface area (Å²) in [5, 5.41) is 2.71. The number of hydrogen-bond acceptors (Lipinski definition) is 3. The van der Waals surface area contributed by atoms with Crippen LogP contribution in [0.1, 0.15) is 16.0 Å². The van der Waals surface area contributed by atoms with Gasteiger partial charge in [-0.25, -0.2) is 4.98 Å². The molecule has 0 saturated heterocycles. The molecule has 0 aliphatic heterocycles. The van der Waals surface area contributed by atoms with Crippen molar-refractivity contribution in [2.75, 3.05) is 11.2 Å². The maximum absolute atomic E-state index is 11.3. The van der Waals surface area contributed by atoms with Crippen LogP contribution in [0.3, 0.4) is 0 Å². The second-order valence-corrected chi connectivity index (χ2v) is 6.71. The maximum Gasteiger partial charge on any atom is 0.240 e. The second-order valence-electron chi connectivity index (χ2n) is 4.08. The van der Waals surface area contributed by atoms with Crippen LogP contribution in [0.25, 0.3) is 0 Å². The van der Waals surface area contributed by atoms with E-state index in [1.54, 1.807) is 0 Å². The van der Waals surface area contributed by atoms with Crippen molar-refractivity contribution in [3.63, 3.8) is 0 Å². The molecule has 0 unspecified atom stereocenters. The van der Waals surface area contributed by atoms with E-state index in [-0.39, 0.29) is 11.8 Å². The Hall–Kier alpha value is -0.910. The van der Waals surface area contributed by atoms with Crippen LogP contribution in [0.5, 0.6) is 0 Å². The standard InChI is InChI=1S/C13H12BrClN2OS/c1-8-2-4-9(5-3-8)6-10-12(16-11(18)7-15)17-13(14)19-10/h2-5H,6-7H2,1H3,(H,16,18). The molecular weight excluding hydrogens is 348 g/mol. The summed E-state index contributed by atoms with van der Waals surface area (Å²) in [5.41, 5.74) is 2.41. The van der Waals surface area contributed by atoms with Gasteiger partial charge in [0.2, 0.25) is 5.91 Å². The van der Waals surface area contributed by atoms with Crippen molar-refractivity contribution in [3.05, 3.63) is 44.2 Å². The number of benzene rings is 1. The molecular formula is C13H12BrClN2OS. The van der Waals surface area contributed by atoms with Gasteiger partial charge in [-0.05, 0) is 28.4 Å². The molecule has 6 heteroatoms. The summed E-state index contributed by atoms with van der Waals surface area (Å²) < 4.78 is 0.750. The van der Waals surface area contributed by atoms with Crippen molar-refractivity contribution in [2.24, 2.45) is 0 Å². The minimum atomic E-state index is -0.246. The van der Waals surface area contributed by atoms with Gasteiger partial charge in [0.05, 0.1) is 4.88 Å². The molecule has 19 heavy (non-hydrogen) atoms. The van der Waals surface area contributed by atoms with Crippen LogP contribution in [0.2, 0.25) is 0 Å². The van der Waals surface area contributed by atoms with Crippen LogP contribution < -0.4 is 5.32 Å². The van der Waals surface area contributed by atoms with E-state index in [0.29, 0.717) is 5.82 Å². The number of carbonyl (C=O) groups is 1. The number of carbonyl (C=O) groups excluding carboxylic acids is 1. The van der Waals surface area contributed by atoms with Crippen molar-refractivity contribution >= 4 is 50.6 Å². The third kappa shape index (κ3) is 4.03. The predicted molar refractivity (Wildman–Crippen MR) is 83.1 cm³/mol. The van der Waals surface area contributed by atoms with E-state index in [1.807, 2.05) is 0 Å². The normalized spacial score (nSPS) is 10.5. The zero-order chi connectivity index (χ0) is 13.8. The zero-order valence-electron chi connectivity index (χ0n) is 10.2. The van der Waals surface area contributed by atoms with Gasteiger partial charge in [0.25, 0.3) is 0 Å². The Morgan fingerprint density at radius 2 is 2.11 bits per heavy atom. The average molecular weight is 360 g/mol. The highest BCUT2D eigenvalue weighted by Gasteiger charge is 2.12. The van der Waals surface area contributed by atoms with Gasteiger partial charge in [-0.2, -0.15) is 0 Å². The van der Waals surface area contributed by atoms with Gasteiger partial charge in [-0.15, -0.1) is 22.9 Å². The van der Waals surface area contributed by atoms with E-state index in [4.69, 9.17) is 11.6 Å². The van der Waals surface area contributed by atoms with Crippen LogP contribution in [0.15, 0.2) is 28.2 Å². The molecule has 0 saturated carbocycles. The Morgan fingerprint density at radius 3 is 2.74 bits per heavy atom. The fourth-order valence-corrected chi connectivity index (χ4v) is 3.20. The van der Waals surface area contributed by atoms with Gasteiger partial charge in [0.15, 0.2) is 3.92 Å². The van der Waals surface area contributed by atoms with E-state index >= 15 is 0 Å². The van der Waals surface area contributed by atoms with Crippen LogP contribution in [-0.2, 0) is 11.2 Å². The molecule has 1 N–H and O–H groups in total. The molecule has 1 aromatic carbocycles. The quantitative estimate of drug-likeness (QED) is 0.839. The summed E-state index contributed by atoms with van der Waals surface area (Å²) in [6.45, 7) is 2.05. The summed E-state index contributed by atoms with van der Waals surface area (Å²) in [4.78, 5) is 16.6. The lowest BCUT2D eigenvalue weighted by Crippen LogP contribution is -2.14. The lowest BCUT2D eigenvalue weighted by atomic mass is 10.1. The van der Waals surface area contributed by atoms with E-state index in [9.17, 15) is 4.79 Å². The smallest absolute Gasteiger partial charge is 0.240 e. The molecule has 0 aliphatic carbocycles. The molecule has 2 aromatic rings. The highest BCUT2D eigenvalue weighted by Crippen LogP contribution is 2.29. The summed E-state index contributed by atoms with van der Waals surface area (Å²) in [7, 11) is 0. The van der Waals surface area contributed by atoms with E-state index in [1.165, 1.54) is 22.5 Å². The van der Waals surface area contributed by atoms with Gasteiger partial charge < -0.3 is 5.32 Å². The molecule has 0 spiro atoms. The maximum atomic E-state index is 11.3. The van der Waals surface area contributed by atoms with E-state index < -0.39 is 0 Å². The Kier molecular flexibility index (Phi) is 4.96. The highest BCUT2D eigenvalue weighted by atomic mass is 79.9. The van der Waals surface area contributed by atoms with Crippen molar-refractivity contribution in [2.45, 2.75) is 13.3 Å². The fraction of sp³-hybridized carbons (Fsp3) is 0.231. The fourth-order valence-electron chi connectivity index (χ4n) is 1.60. The van der Waals surface area contributed by atoms with Crippen molar-refractivity contribution in [3.8, 4) is 0 Å². The number of hydrogen-bond donors (Lipinski definition) is 1. The minimum Gasteiger partial charge on any atom is -0.309 e. The number of alkyl halides is 1. The number of amides is 1. The van der Waals surface area contributed by atoms with Gasteiger partial charge in [0.1, 0.15) is 11.7 Å². The molecule has 0 atom stereocenters. The number of thiazole rings is 1. The first-order valence-corrected chi connectivity index (χ1v) is 7.79. The average Bonchev–Trinajstić information content (AvgIpc) is 2.72. The summed E-state index contributed by atoms with van der Waals surface area (Å²) in [6, 6.07) is 8.30. The predicted octanol–water partition coefficient (Wildman–Crippen LogP) is 3.98. The van der Waals surface area contributed by atoms with Gasteiger partial charge in [-0.1, -0.05) is 29.8 Å². The Labute approximate surface area is 129 Å². The van der Waals surface area contributed by atoms with Crippen LogP contribution in [0.4, 0.5) is 5.82 Å². The Bertz CT molecular complexity index is 583. The van der Waals surface area contributed by atoms with Crippen molar-refractivity contribution in [1.29, 1.82) is 0 Å². The molecule has 0 bridgehead atoms. The zero-order valence-corrected chi connectivity index (χ0v) is 13.4.